The summed E-state index contributed by atoms with van der Waals surface area (Å²) < 4.78 is 0.901. The zero-order valence-corrected chi connectivity index (χ0v) is 13.7. The summed E-state index contributed by atoms with van der Waals surface area (Å²) in [5.74, 6) is 0. The second-order valence-corrected chi connectivity index (χ2v) is 6.11. The Morgan fingerprint density at radius 3 is 2.81 bits per heavy atom. The van der Waals surface area contributed by atoms with Crippen LogP contribution in [0.2, 0.25) is 5.02 Å². The fourth-order valence-corrected chi connectivity index (χ4v) is 2.71. The van der Waals surface area contributed by atoms with E-state index in [0.29, 0.717) is 5.69 Å². The number of aromatic nitrogens is 1. The topological polar surface area (TPSA) is 50.9 Å². The molecule has 0 saturated heterocycles. The van der Waals surface area contributed by atoms with Crippen molar-refractivity contribution in [2.75, 3.05) is 11.1 Å². The summed E-state index contributed by atoms with van der Waals surface area (Å²) in [6.07, 6.45) is 1.76. The molecule has 2 aromatic carbocycles. The minimum atomic E-state index is 0.701. The van der Waals surface area contributed by atoms with Crippen LogP contribution in [0.25, 0.3) is 10.9 Å². The van der Waals surface area contributed by atoms with Gasteiger partial charge >= 0.3 is 0 Å². The van der Waals surface area contributed by atoms with Crippen LogP contribution in [0.1, 0.15) is 5.56 Å². The molecule has 1 aromatic heterocycles. The van der Waals surface area contributed by atoms with Gasteiger partial charge in [-0.2, -0.15) is 0 Å². The fourth-order valence-electron chi connectivity index (χ4n) is 2.20. The van der Waals surface area contributed by atoms with Crippen LogP contribution in [0.15, 0.2) is 47.1 Å². The van der Waals surface area contributed by atoms with Crippen LogP contribution in [0.3, 0.4) is 0 Å². The second kappa shape index (κ2) is 5.54. The van der Waals surface area contributed by atoms with Crippen LogP contribution >= 0.6 is 27.5 Å². The average Bonchev–Trinajstić information content (AvgIpc) is 2.47. The highest BCUT2D eigenvalue weighted by Gasteiger charge is 2.08. The zero-order chi connectivity index (χ0) is 15.0. The van der Waals surface area contributed by atoms with Crippen molar-refractivity contribution in [1.82, 2.24) is 4.98 Å². The first-order valence-electron chi connectivity index (χ1n) is 6.42. The van der Waals surface area contributed by atoms with Gasteiger partial charge in [-0.25, -0.2) is 0 Å². The molecule has 0 atom stereocenters. The molecule has 0 saturated carbocycles. The molecule has 0 unspecified atom stereocenters. The molecule has 0 amide bonds. The molecule has 0 aliphatic rings. The molecule has 21 heavy (non-hydrogen) atoms. The van der Waals surface area contributed by atoms with E-state index >= 15 is 0 Å². The Bertz CT molecular complexity index is 833. The van der Waals surface area contributed by atoms with Gasteiger partial charge in [-0.3, -0.25) is 4.98 Å². The summed E-state index contributed by atoms with van der Waals surface area (Å²) in [5, 5.41) is 5.03. The summed E-state index contributed by atoms with van der Waals surface area (Å²) in [4.78, 5) is 4.47. The zero-order valence-electron chi connectivity index (χ0n) is 11.3. The quantitative estimate of drug-likeness (QED) is 0.609. The maximum atomic E-state index is 6.16. The number of pyridine rings is 1. The largest absolute Gasteiger partial charge is 0.398 e. The summed E-state index contributed by atoms with van der Waals surface area (Å²) in [5.41, 5.74) is 10.4. The second-order valence-electron chi connectivity index (χ2n) is 4.79. The molecule has 1 heterocycles. The minimum Gasteiger partial charge on any atom is -0.398 e. The van der Waals surface area contributed by atoms with E-state index in [2.05, 4.69) is 26.2 Å². The lowest BCUT2D eigenvalue weighted by atomic mass is 10.1. The molecule has 0 bridgehead atoms. The SMILES string of the molecule is Cc1c(Cl)cccc1Nc1ccc(N)c2cc(Br)cnc12. The van der Waals surface area contributed by atoms with E-state index in [1.54, 1.807) is 6.20 Å². The predicted octanol–water partition coefficient (Wildman–Crippen LogP) is 5.28. The Kier molecular flexibility index (Phi) is 3.74. The van der Waals surface area contributed by atoms with Crippen LogP contribution in [0.5, 0.6) is 0 Å². The number of nitrogen functional groups attached to an aromatic ring is 1. The Morgan fingerprint density at radius 1 is 1.19 bits per heavy atom. The number of fused-ring (bicyclic) bond motifs is 1. The van der Waals surface area contributed by atoms with Crippen molar-refractivity contribution in [1.29, 1.82) is 0 Å². The highest BCUT2D eigenvalue weighted by Crippen LogP contribution is 2.32. The summed E-state index contributed by atoms with van der Waals surface area (Å²) in [7, 11) is 0. The van der Waals surface area contributed by atoms with E-state index in [-0.39, 0.29) is 0 Å². The molecule has 3 N–H and O–H groups in total. The molecule has 3 nitrogen and oxygen atoms in total. The number of rotatable bonds is 2. The average molecular weight is 363 g/mol. The standard InChI is InChI=1S/C16H13BrClN3/c1-9-12(18)3-2-4-14(9)21-15-6-5-13(19)11-7-10(17)8-20-16(11)15/h2-8,21H,19H2,1H3. The van der Waals surface area contributed by atoms with Gasteiger partial charge in [0.15, 0.2) is 0 Å². The first-order valence-corrected chi connectivity index (χ1v) is 7.59. The van der Waals surface area contributed by atoms with Gasteiger partial charge < -0.3 is 11.1 Å². The number of anilines is 3. The molecule has 3 rings (SSSR count). The van der Waals surface area contributed by atoms with Crippen LogP contribution in [-0.2, 0) is 0 Å². The number of hydrogen-bond acceptors (Lipinski definition) is 3. The molecular weight excluding hydrogens is 350 g/mol. The fraction of sp³-hybridized carbons (Fsp3) is 0.0625. The Labute approximate surface area is 136 Å². The summed E-state index contributed by atoms with van der Waals surface area (Å²) in [6, 6.07) is 11.5. The molecule has 0 aliphatic carbocycles. The van der Waals surface area contributed by atoms with Crippen LogP contribution in [0, 0.1) is 6.92 Å². The third-order valence-electron chi connectivity index (χ3n) is 3.39. The first-order chi connectivity index (χ1) is 10.1. The lowest BCUT2D eigenvalue weighted by Gasteiger charge is -2.13. The highest BCUT2D eigenvalue weighted by atomic mass is 79.9. The van der Waals surface area contributed by atoms with E-state index in [9.17, 15) is 0 Å². The van der Waals surface area contributed by atoms with E-state index in [1.807, 2.05) is 43.3 Å². The van der Waals surface area contributed by atoms with Crippen molar-refractivity contribution in [3.8, 4) is 0 Å². The lowest BCUT2D eigenvalue weighted by Crippen LogP contribution is -1.97. The maximum absolute atomic E-state index is 6.16. The normalized spacial score (nSPS) is 10.8. The summed E-state index contributed by atoms with van der Waals surface area (Å²) in [6.45, 7) is 1.98. The molecule has 0 radical (unpaired) electrons. The van der Waals surface area contributed by atoms with Crippen LogP contribution < -0.4 is 11.1 Å². The first kappa shape index (κ1) is 14.2. The van der Waals surface area contributed by atoms with Gasteiger partial charge in [-0.05, 0) is 58.7 Å². The van der Waals surface area contributed by atoms with Gasteiger partial charge in [0.1, 0.15) is 0 Å². The smallest absolute Gasteiger partial charge is 0.0958 e. The van der Waals surface area contributed by atoms with Crippen molar-refractivity contribution >= 4 is 55.5 Å². The Morgan fingerprint density at radius 2 is 2.00 bits per heavy atom. The van der Waals surface area contributed by atoms with Crippen molar-refractivity contribution in [2.45, 2.75) is 6.92 Å². The number of hydrogen-bond donors (Lipinski definition) is 2. The molecule has 5 heteroatoms. The van der Waals surface area contributed by atoms with E-state index in [4.69, 9.17) is 17.3 Å². The van der Waals surface area contributed by atoms with E-state index in [0.717, 1.165) is 37.3 Å². The van der Waals surface area contributed by atoms with Crippen molar-refractivity contribution in [3.05, 3.63) is 57.7 Å². The van der Waals surface area contributed by atoms with Gasteiger partial charge in [0.05, 0.1) is 11.2 Å². The minimum absolute atomic E-state index is 0.701. The molecule has 0 fully saturated rings. The maximum Gasteiger partial charge on any atom is 0.0958 e. The Hall–Kier alpha value is -1.78. The van der Waals surface area contributed by atoms with Gasteiger partial charge in [0, 0.05) is 32.5 Å². The number of nitrogens with zero attached hydrogens (tertiary/aromatic N) is 1. The van der Waals surface area contributed by atoms with Crippen LogP contribution in [0.4, 0.5) is 17.1 Å². The monoisotopic (exact) mass is 361 g/mol. The molecule has 106 valence electrons. The Balaban J connectivity index is 2.13. The number of benzene rings is 2. The van der Waals surface area contributed by atoms with Crippen molar-refractivity contribution < 1.29 is 0 Å². The van der Waals surface area contributed by atoms with Gasteiger partial charge in [-0.1, -0.05) is 17.7 Å². The van der Waals surface area contributed by atoms with Crippen molar-refractivity contribution in [3.63, 3.8) is 0 Å². The third kappa shape index (κ3) is 2.69. The van der Waals surface area contributed by atoms with Gasteiger partial charge in [-0.15, -0.1) is 0 Å². The lowest BCUT2D eigenvalue weighted by molar-refractivity contribution is 1.37. The molecule has 0 spiro atoms. The number of nitrogens with one attached hydrogen (secondary N) is 1. The van der Waals surface area contributed by atoms with E-state index in [1.165, 1.54) is 0 Å². The molecule has 0 aliphatic heterocycles. The van der Waals surface area contributed by atoms with Gasteiger partial charge in [0.25, 0.3) is 0 Å². The van der Waals surface area contributed by atoms with Crippen LogP contribution in [-0.4, -0.2) is 4.98 Å². The van der Waals surface area contributed by atoms with E-state index < -0.39 is 0 Å². The van der Waals surface area contributed by atoms with Gasteiger partial charge in [0.2, 0.25) is 0 Å². The highest BCUT2D eigenvalue weighted by molar-refractivity contribution is 9.10. The molecular formula is C16H13BrClN3. The third-order valence-corrected chi connectivity index (χ3v) is 4.23. The van der Waals surface area contributed by atoms with Crippen molar-refractivity contribution in [2.24, 2.45) is 0 Å². The molecule has 3 aromatic rings. The predicted molar refractivity (Wildman–Crippen MR) is 93.3 cm³/mol. The number of nitrogens with two attached hydrogens (primary N) is 1. The summed E-state index contributed by atoms with van der Waals surface area (Å²) >= 11 is 9.59. The number of halogens is 2.